The van der Waals surface area contributed by atoms with Crippen molar-refractivity contribution in [2.75, 3.05) is 13.1 Å². The van der Waals surface area contributed by atoms with Crippen LogP contribution in [0.25, 0.3) is 11.0 Å². The van der Waals surface area contributed by atoms with Gasteiger partial charge in [-0.2, -0.15) is 5.10 Å². The van der Waals surface area contributed by atoms with E-state index in [0.29, 0.717) is 55.7 Å². The molecule has 4 rings (SSSR count). The number of hydrogen-bond acceptors (Lipinski definition) is 4. The number of hydrogen-bond donors (Lipinski definition) is 2. The van der Waals surface area contributed by atoms with Crippen LogP contribution in [0, 0.1) is 5.92 Å². The number of fused-ring (bicyclic) bond motifs is 2. The van der Waals surface area contributed by atoms with Gasteiger partial charge in [0, 0.05) is 31.0 Å². The number of H-pyrrole nitrogens is 1. The van der Waals surface area contributed by atoms with Crippen molar-refractivity contribution in [1.29, 1.82) is 0 Å². The standard InChI is InChI=1S/C21H25ClN6O2/c1-13(2)11-23-21(30)18-10-15-12-27(7-8-28(15)26-18)20(29)6-5-19-24-16-4-3-14(22)9-17(16)25-19/h3-4,9-10,13H,5-8,11-12H2,1-2H3,(H,23,30)(H,24,25). The van der Waals surface area contributed by atoms with Crippen molar-refractivity contribution >= 4 is 34.4 Å². The Morgan fingerprint density at radius 2 is 2.10 bits per heavy atom. The van der Waals surface area contributed by atoms with Gasteiger partial charge in [-0.3, -0.25) is 14.3 Å². The number of nitrogens with one attached hydrogen (secondary N) is 2. The second-order valence-corrected chi connectivity index (χ2v) is 8.44. The van der Waals surface area contributed by atoms with Crippen molar-refractivity contribution < 1.29 is 9.59 Å². The molecule has 2 amide bonds. The van der Waals surface area contributed by atoms with Crippen molar-refractivity contribution in [2.24, 2.45) is 5.92 Å². The van der Waals surface area contributed by atoms with E-state index in [-0.39, 0.29) is 11.8 Å². The molecule has 0 saturated carbocycles. The van der Waals surface area contributed by atoms with Crippen LogP contribution in [-0.2, 0) is 24.3 Å². The number of imidazole rings is 1. The molecule has 0 fully saturated rings. The summed E-state index contributed by atoms with van der Waals surface area (Å²) < 4.78 is 1.82. The molecule has 0 saturated heterocycles. The van der Waals surface area contributed by atoms with Crippen LogP contribution in [0.4, 0.5) is 0 Å². The molecule has 0 unspecified atom stereocenters. The second-order valence-electron chi connectivity index (χ2n) is 8.01. The lowest BCUT2D eigenvalue weighted by Crippen LogP contribution is -2.38. The zero-order valence-electron chi connectivity index (χ0n) is 17.1. The molecule has 0 bridgehead atoms. The average molecular weight is 429 g/mol. The van der Waals surface area contributed by atoms with E-state index in [4.69, 9.17) is 11.6 Å². The van der Waals surface area contributed by atoms with Crippen LogP contribution in [0.3, 0.4) is 0 Å². The minimum atomic E-state index is -0.173. The van der Waals surface area contributed by atoms with Crippen molar-refractivity contribution in [1.82, 2.24) is 30.0 Å². The van der Waals surface area contributed by atoms with E-state index in [1.807, 2.05) is 35.6 Å². The van der Waals surface area contributed by atoms with Gasteiger partial charge in [0.2, 0.25) is 5.91 Å². The summed E-state index contributed by atoms with van der Waals surface area (Å²) >= 11 is 6.01. The minimum Gasteiger partial charge on any atom is -0.350 e. The quantitative estimate of drug-likeness (QED) is 0.631. The summed E-state index contributed by atoms with van der Waals surface area (Å²) in [6.07, 6.45) is 0.896. The van der Waals surface area contributed by atoms with E-state index in [1.165, 1.54) is 0 Å². The van der Waals surface area contributed by atoms with Gasteiger partial charge in [0.15, 0.2) is 5.69 Å². The first-order valence-corrected chi connectivity index (χ1v) is 10.5. The predicted molar refractivity (Wildman–Crippen MR) is 114 cm³/mol. The van der Waals surface area contributed by atoms with Gasteiger partial charge in [-0.25, -0.2) is 4.98 Å². The number of rotatable bonds is 6. The zero-order valence-corrected chi connectivity index (χ0v) is 17.9. The van der Waals surface area contributed by atoms with Crippen molar-refractivity contribution in [3.8, 4) is 0 Å². The van der Waals surface area contributed by atoms with Crippen LogP contribution >= 0.6 is 11.6 Å². The second kappa shape index (κ2) is 8.47. The predicted octanol–water partition coefficient (Wildman–Crippen LogP) is 2.77. The lowest BCUT2D eigenvalue weighted by Gasteiger charge is -2.27. The third-order valence-corrected chi connectivity index (χ3v) is 5.36. The summed E-state index contributed by atoms with van der Waals surface area (Å²) in [5.41, 5.74) is 2.99. The first-order valence-electron chi connectivity index (χ1n) is 10.2. The largest absolute Gasteiger partial charge is 0.350 e. The minimum absolute atomic E-state index is 0.0618. The molecular formula is C21H25ClN6O2. The lowest BCUT2D eigenvalue weighted by molar-refractivity contribution is -0.132. The molecule has 0 aliphatic carbocycles. The third kappa shape index (κ3) is 4.48. The van der Waals surface area contributed by atoms with Crippen molar-refractivity contribution in [2.45, 2.75) is 39.8 Å². The van der Waals surface area contributed by atoms with Crippen LogP contribution in [0.15, 0.2) is 24.3 Å². The van der Waals surface area contributed by atoms with E-state index in [1.54, 1.807) is 12.1 Å². The number of nitrogens with zero attached hydrogens (tertiary/aromatic N) is 4. The highest BCUT2D eigenvalue weighted by molar-refractivity contribution is 6.31. The molecule has 2 aromatic heterocycles. The van der Waals surface area contributed by atoms with Crippen molar-refractivity contribution in [3.63, 3.8) is 0 Å². The first kappa shape index (κ1) is 20.4. The Morgan fingerprint density at radius 3 is 2.90 bits per heavy atom. The molecule has 3 aromatic rings. The van der Waals surface area contributed by atoms with Crippen LogP contribution in [-0.4, -0.2) is 49.6 Å². The molecule has 1 aliphatic rings. The van der Waals surface area contributed by atoms with Gasteiger partial charge >= 0.3 is 0 Å². The maximum Gasteiger partial charge on any atom is 0.271 e. The molecule has 3 heterocycles. The monoisotopic (exact) mass is 428 g/mol. The molecular weight excluding hydrogens is 404 g/mol. The molecule has 9 heteroatoms. The van der Waals surface area contributed by atoms with Gasteiger partial charge in [-0.1, -0.05) is 25.4 Å². The molecule has 2 N–H and O–H groups in total. The summed E-state index contributed by atoms with van der Waals surface area (Å²) in [5, 5.41) is 7.92. The SMILES string of the molecule is CC(C)CNC(=O)c1cc2n(n1)CCN(C(=O)CCc1nc3ccc(Cl)cc3[nH]1)C2. The topological polar surface area (TPSA) is 95.9 Å². The number of carbonyl (C=O) groups excluding carboxylic acids is 2. The highest BCUT2D eigenvalue weighted by atomic mass is 35.5. The van der Waals surface area contributed by atoms with Crippen LogP contribution in [0.2, 0.25) is 5.02 Å². The van der Waals surface area contributed by atoms with Crippen LogP contribution in [0.5, 0.6) is 0 Å². The van der Waals surface area contributed by atoms with Crippen molar-refractivity contribution in [3.05, 3.63) is 46.5 Å². The van der Waals surface area contributed by atoms with E-state index in [9.17, 15) is 9.59 Å². The van der Waals surface area contributed by atoms with Gasteiger partial charge in [0.1, 0.15) is 5.82 Å². The third-order valence-electron chi connectivity index (χ3n) is 5.12. The molecule has 0 atom stereocenters. The van der Waals surface area contributed by atoms with E-state index < -0.39 is 0 Å². The van der Waals surface area contributed by atoms with E-state index in [0.717, 1.165) is 22.6 Å². The summed E-state index contributed by atoms with van der Waals surface area (Å²) in [4.78, 5) is 34.5. The molecule has 0 spiro atoms. The lowest BCUT2D eigenvalue weighted by atomic mass is 10.2. The maximum atomic E-state index is 12.7. The average Bonchev–Trinajstić information content (AvgIpc) is 3.32. The molecule has 30 heavy (non-hydrogen) atoms. The Morgan fingerprint density at radius 1 is 1.27 bits per heavy atom. The van der Waals surface area contributed by atoms with Crippen LogP contribution < -0.4 is 5.32 Å². The number of aryl methyl sites for hydroxylation is 1. The summed E-state index contributed by atoms with van der Waals surface area (Å²) in [6, 6.07) is 7.27. The Hall–Kier alpha value is -2.87. The number of aromatic amines is 1. The van der Waals surface area contributed by atoms with Gasteiger partial charge in [-0.15, -0.1) is 0 Å². The molecule has 1 aromatic carbocycles. The summed E-state index contributed by atoms with van der Waals surface area (Å²) in [5.74, 6) is 1.04. The van der Waals surface area contributed by atoms with Gasteiger partial charge < -0.3 is 15.2 Å². The Balaban J connectivity index is 1.35. The zero-order chi connectivity index (χ0) is 21.3. The van der Waals surface area contributed by atoms with E-state index >= 15 is 0 Å². The molecule has 1 aliphatic heterocycles. The highest BCUT2D eigenvalue weighted by Crippen LogP contribution is 2.19. The Kier molecular flexibility index (Phi) is 5.76. The fourth-order valence-electron chi connectivity index (χ4n) is 3.51. The Bertz CT molecular complexity index is 1090. The van der Waals surface area contributed by atoms with Gasteiger partial charge in [0.05, 0.1) is 29.8 Å². The fraction of sp³-hybridized carbons (Fsp3) is 0.429. The number of benzene rings is 1. The number of carbonyl (C=O) groups is 2. The molecule has 0 radical (unpaired) electrons. The summed E-state index contributed by atoms with van der Waals surface area (Å²) in [6.45, 7) is 6.32. The number of aromatic nitrogens is 4. The smallest absolute Gasteiger partial charge is 0.271 e. The Labute approximate surface area is 179 Å². The maximum absolute atomic E-state index is 12.7. The highest BCUT2D eigenvalue weighted by Gasteiger charge is 2.24. The summed E-state index contributed by atoms with van der Waals surface area (Å²) in [7, 11) is 0. The first-order chi connectivity index (χ1) is 14.4. The van der Waals surface area contributed by atoms with E-state index in [2.05, 4.69) is 20.4 Å². The fourth-order valence-corrected chi connectivity index (χ4v) is 3.69. The normalized spacial score (nSPS) is 13.7. The van der Waals surface area contributed by atoms with Gasteiger partial charge in [0.25, 0.3) is 5.91 Å². The van der Waals surface area contributed by atoms with Crippen LogP contribution in [0.1, 0.15) is 42.3 Å². The number of halogens is 1. The van der Waals surface area contributed by atoms with Gasteiger partial charge in [-0.05, 0) is 30.2 Å². The molecule has 8 nitrogen and oxygen atoms in total. The molecule has 158 valence electrons. The number of amides is 2.